The molecule has 2 N–H and O–H groups in total. The molecule has 20 heavy (non-hydrogen) atoms. The van der Waals surface area contributed by atoms with E-state index in [2.05, 4.69) is 23.5 Å². The number of thioether (sulfide) groups is 1. The second-order valence-corrected chi connectivity index (χ2v) is 6.44. The van der Waals surface area contributed by atoms with Crippen molar-refractivity contribution in [2.24, 2.45) is 0 Å². The molecule has 2 unspecified atom stereocenters. The van der Waals surface area contributed by atoms with Gasteiger partial charge in [-0.25, -0.2) is 9.78 Å². The van der Waals surface area contributed by atoms with Crippen molar-refractivity contribution in [3.63, 3.8) is 0 Å². The van der Waals surface area contributed by atoms with Crippen molar-refractivity contribution in [3.8, 4) is 0 Å². The molecule has 0 saturated heterocycles. The third-order valence-electron chi connectivity index (χ3n) is 3.70. The number of hydrogen-bond acceptors (Lipinski definition) is 4. The molecule has 110 valence electrons. The number of hydrogen-bond donors (Lipinski definition) is 2. The molecule has 1 aromatic heterocycles. The van der Waals surface area contributed by atoms with Crippen molar-refractivity contribution >= 4 is 23.5 Å². The van der Waals surface area contributed by atoms with Crippen LogP contribution in [0.3, 0.4) is 0 Å². The summed E-state index contributed by atoms with van der Waals surface area (Å²) < 4.78 is 0. The molecular formula is C15H22N2O2S. The number of rotatable bonds is 6. The fourth-order valence-electron chi connectivity index (χ4n) is 2.66. The summed E-state index contributed by atoms with van der Waals surface area (Å²) in [5.74, 6) is -0.179. The molecular weight excluding hydrogens is 272 g/mol. The molecule has 5 heteroatoms. The highest BCUT2D eigenvalue weighted by atomic mass is 32.2. The van der Waals surface area contributed by atoms with E-state index >= 15 is 0 Å². The normalized spacial score (nSPS) is 21.9. The molecule has 0 bridgehead atoms. The van der Waals surface area contributed by atoms with Crippen LogP contribution in [0, 0.1) is 0 Å². The summed E-state index contributed by atoms with van der Waals surface area (Å²) in [4.78, 5) is 15.7. The minimum atomic E-state index is -0.888. The first-order valence-corrected chi connectivity index (χ1v) is 8.44. The lowest BCUT2D eigenvalue weighted by molar-refractivity contribution is 0.0696. The molecule has 1 aromatic rings. The van der Waals surface area contributed by atoms with Gasteiger partial charge in [-0.1, -0.05) is 13.3 Å². The van der Waals surface area contributed by atoms with Gasteiger partial charge >= 0.3 is 5.97 Å². The maximum absolute atomic E-state index is 11.2. The summed E-state index contributed by atoms with van der Waals surface area (Å²) in [6.07, 6.45) is 7.41. The number of carbonyl (C=O) groups is 1. The van der Waals surface area contributed by atoms with Crippen molar-refractivity contribution in [3.05, 3.63) is 23.4 Å². The Morgan fingerprint density at radius 1 is 1.50 bits per heavy atom. The van der Waals surface area contributed by atoms with Crippen molar-refractivity contribution in [2.75, 3.05) is 11.6 Å². The molecule has 4 nitrogen and oxygen atoms in total. The number of nitrogens with zero attached hydrogens (tertiary/aromatic N) is 1. The fraction of sp³-hybridized carbons (Fsp3) is 0.600. The van der Waals surface area contributed by atoms with Crippen molar-refractivity contribution in [2.45, 2.75) is 50.3 Å². The summed E-state index contributed by atoms with van der Waals surface area (Å²) in [5, 5.41) is 13.3. The van der Waals surface area contributed by atoms with Gasteiger partial charge < -0.3 is 10.4 Å². The van der Waals surface area contributed by atoms with Gasteiger partial charge in [-0.05, 0) is 44.1 Å². The summed E-state index contributed by atoms with van der Waals surface area (Å²) in [6, 6.07) is 3.74. The maximum atomic E-state index is 11.2. The molecule has 0 amide bonds. The van der Waals surface area contributed by atoms with Crippen LogP contribution in [0.1, 0.15) is 48.7 Å². The molecule has 1 aliphatic carbocycles. The zero-order valence-corrected chi connectivity index (χ0v) is 12.9. The second-order valence-electron chi connectivity index (χ2n) is 5.30. The number of aryl methyl sites for hydroxylation is 1. The average molecular weight is 294 g/mol. The minimum absolute atomic E-state index is 0.324. The van der Waals surface area contributed by atoms with Crippen molar-refractivity contribution < 1.29 is 9.90 Å². The second kappa shape index (κ2) is 6.97. The van der Waals surface area contributed by atoms with Gasteiger partial charge in [0.2, 0.25) is 0 Å². The van der Waals surface area contributed by atoms with Gasteiger partial charge in [0.25, 0.3) is 0 Å². The average Bonchev–Trinajstić information content (AvgIpc) is 2.86. The summed E-state index contributed by atoms with van der Waals surface area (Å²) in [5.41, 5.74) is 1.18. The Morgan fingerprint density at radius 3 is 2.90 bits per heavy atom. The van der Waals surface area contributed by atoms with Crippen LogP contribution in [-0.2, 0) is 6.42 Å². The Balaban J connectivity index is 2.12. The maximum Gasteiger partial charge on any atom is 0.335 e. The Morgan fingerprint density at radius 2 is 2.30 bits per heavy atom. The predicted octanol–water partition coefficient (Wildman–Crippen LogP) is 3.43. The molecule has 0 aliphatic heterocycles. The van der Waals surface area contributed by atoms with Crippen LogP contribution in [0.4, 0.5) is 5.82 Å². The number of aromatic carboxylic acids is 1. The highest BCUT2D eigenvalue weighted by Crippen LogP contribution is 2.30. The van der Waals surface area contributed by atoms with E-state index in [4.69, 9.17) is 0 Å². The zero-order valence-electron chi connectivity index (χ0n) is 12.1. The monoisotopic (exact) mass is 294 g/mol. The van der Waals surface area contributed by atoms with Gasteiger partial charge in [0.05, 0.1) is 5.56 Å². The van der Waals surface area contributed by atoms with Crippen LogP contribution in [0.5, 0.6) is 0 Å². The van der Waals surface area contributed by atoms with Gasteiger partial charge in [0.1, 0.15) is 5.82 Å². The van der Waals surface area contributed by atoms with Gasteiger partial charge in [0.15, 0.2) is 0 Å². The Bertz CT molecular complexity index is 479. The highest BCUT2D eigenvalue weighted by Gasteiger charge is 2.24. The van der Waals surface area contributed by atoms with Crippen LogP contribution in [0.2, 0.25) is 0 Å². The van der Waals surface area contributed by atoms with E-state index in [-0.39, 0.29) is 0 Å². The zero-order chi connectivity index (χ0) is 14.5. The first-order chi connectivity index (χ1) is 9.62. The molecule has 1 aliphatic rings. The predicted molar refractivity (Wildman–Crippen MR) is 83.8 cm³/mol. The summed E-state index contributed by atoms with van der Waals surface area (Å²) >= 11 is 1.91. The summed E-state index contributed by atoms with van der Waals surface area (Å²) in [7, 11) is 0. The molecule has 2 atom stereocenters. The molecule has 0 aromatic carbocycles. The van der Waals surface area contributed by atoms with E-state index in [1.807, 2.05) is 11.8 Å². The molecule has 0 radical (unpaired) electrons. The fourth-order valence-corrected chi connectivity index (χ4v) is 3.46. The summed E-state index contributed by atoms with van der Waals surface area (Å²) in [6.45, 7) is 2.07. The van der Waals surface area contributed by atoms with Crippen molar-refractivity contribution in [1.82, 2.24) is 4.98 Å². The Hall–Kier alpha value is -1.23. The van der Waals surface area contributed by atoms with Gasteiger partial charge in [0, 0.05) is 17.0 Å². The van der Waals surface area contributed by atoms with Gasteiger partial charge in [-0.3, -0.25) is 0 Å². The molecule has 1 fully saturated rings. The van der Waals surface area contributed by atoms with Crippen LogP contribution >= 0.6 is 11.8 Å². The molecule has 0 spiro atoms. The lowest BCUT2D eigenvalue weighted by Crippen LogP contribution is -2.18. The number of pyridine rings is 1. The van der Waals surface area contributed by atoms with Crippen LogP contribution < -0.4 is 5.32 Å². The lowest BCUT2D eigenvalue weighted by atomic mass is 10.1. The lowest BCUT2D eigenvalue weighted by Gasteiger charge is -2.15. The topological polar surface area (TPSA) is 62.2 Å². The SMILES string of the molecule is CCCc1cc(C(=O)O)cc(NC2CCC(SC)C2)n1. The highest BCUT2D eigenvalue weighted by molar-refractivity contribution is 7.99. The van der Waals surface area contributed by atoms with Crippen LogP contribution in [-0.4, -0.2) is 33.6 Å². The van der Waals surface area contributed by atoms with E-state index in [1.165, 1.54) is 6.42 Å². The van der Waals surface area contributed by atoms with E-state index in [1.54, 1.807) is 12.1 Å². The number of carboxylic acids is 1. The third-order valence-corrected chi connectivity index (χ3v) is 4.80. The quantitative estimate of drug-likeness (QED) is 0.841. The van der Waals surface area contributed by atoms with Crippen LogP contribution in [0.25, 0.3) is 0 Å². The standard InChI is InChI=1S/C15H22N2O2S/c1-3-4-11-7-10(15(18)19)8-14(16-11)17-12-5-6-13(9-12)20-2/h7-8,12-13H,3-6,9H2,1-2H3,(H,16,17)(H,18,19). The van der Waals surface area contributed by atoms with Crippen molar-refractivity contribution in [1.29, 1.82) is 0 Å². The minimum Gasteiger partial charge on any atom is -0.478 e. The number of aromatic nitrogens is 1. The molecule has 1 saturated carbocycles. The van der Waals surface area contributed by atoms with Gasteiger partial charge in [-0.2, -0.15) is 11.8 Å². The number of carboxylic acid groups (broad SMARTS) is 1. The molecule has 2 rings (SSSR count). The van der Waals surface area contributed by atoms with Gasteiger partial charge in [-0.15, -0.1) is 0 Å². The first kappa shape index (κ1) is 15.2. The van der Waals surface area contributed by atoms with E-state index in [0.717, 1.165) is 31.4 Å². The van der Waals surface area contributed by atoms with Crippen LogP contribution in [0.15, 0.2) is 12.1 Å². The largest absolute Gasteiger partial charge is 0.478 e. The number of anilines is 1. The Labute approximate surface area is 124 Å². The van der Waals surface area contributed by atoms with E-state index < -0.39 is 5.97 Å². The molecule has 1 heterocycles. The van der Waals surface area contributed by atoms with E-state index in [0.29, 0.717) is 22.7 Å². The third kappa shape index (κ3) is 3.88. The number of nitrogens with one attached hydrogen (secondary N) is 1. The smallest absolute Gasteiger partial charge is 0.335 e. The Kier molecular flexibility index (Phi) is 5.29. The van der Waals surface area contributed by atoms with E-state index in [9.17, 15) is 9.90 Å². The first-order valence-electron chi connectivity index (χ1n) is 7.16.